The number of piperazine rings is 1. The van der Waals surface area contributed by atoms with Crippen molar-refractivity contribution in [2.24, 2.45) is 5.41 Å². The van der Waals surface area contributed by atoms with Gasteiger partial charge in [-0.1, -0.05) is 26.8 Å². The van der Waals surface area contributed by atoms with E-state index in [9.17, 15) is 0 Å². The lowest BCUT2D eigenvalue weighted by molar-refractivity contribution is 0.0688. The van der Waals surface area contributed by atoms with Gasteiger partial charge in [0.05, 0.1) is 0 Å². The summed E-state index contributed by atoms with van der Waals surface area (Å²) in [7, 11) is 0. The zero-order valence-electron chi connectivity index (χ0n) is 11.1. The van der Waals surface area contributed by atoms with Crippen LogP contribution < -0.4 is 5.32 Å². The van der Waals surface area contributed by atoms with Crippen LogP contribution >= 0.6 is 0 Å². The fourth-order valence-electron chi connectivity index (χ4n) is 2.52. The summed E-state index contributed by atoms with van der Waals surface area (Å²) in [5, 5.41) is 3.50. The van der Waals surface area contributed by atoms with Gasteiger partial charge in [-0.05, 0) is 17.0 Å². The molecule has 0 spiro atoms. The summed E-state index contributed by atoms with van der Waals surface area (Å²) in [4.78, 5) is 6.77. The summed E-state index contributed by atoms with van der Waals surface area (Å²) < 4.78 is 0. The fraction of sp³-hybridized carbons (Fsp3) is 0.643. The molecule has 1 atom stereocenters. The second-order valence-electron chi connectivity index (χ2n) is 5.92. The Morgan fingerprint density at radius 2 is 2.29 bits per heavy atom. The lowest BCUT2D eigenvalue weighted by Crippen LogP contribution is -2.56. The van der Waals surface area contributed by atoms with Crippen molar-refractivity contribution in [2.45, 2.75) is 33.4 Å². The maximum atomic E-state index is 4.20. The van der Waals surface area contributed by atoms with Crippen molar-refractivity contribution in [1.29, 1.82) is 0 Å². The highest BCUT2D eigenvalue weighted by Gasteiger charge is 2.32. The average molecular weight is 233 g/mol. The predicted molar refractivity (Wildman–Crippen MR) is 70.8 cm³/mol. The molecule has 1 N–H and O–H groups in total. The summed E-state index contributed by atoms with van der Waals surface area (Å²) in [6, 6.07) is 4.77. The molecular weight excluding hydrogens is 210 g/mol. The molecule has 0 aromatic carbocycles. The molecule has 0 saturated carbocycles. The molecule has 94 valence electrons. The third kappa shape index (κ3) is 3.27. The molecule has 17 heavy (non-hydrogen) atoms. The quantitative estimate of drug-likeness (QED) is 0.845. The Bertz CT molecular complexity index is 342. The van der Waals surface area contributed by atoms with Gasteiger partial charge in [-0.3, -0.25) is 9.88 Å². The minimum atomic E-state index is 0.315. The molecular formula is C14H23N3. The van der Waals surface area contributed by atoms with Crippen molar-refractivity contribution in [3.63, 3.8) is 0 Å². The van der Waals surface area contributed by atoms with E-state index in [4.69, 9.17) is 0 Å². The molecule has 0 radical (unpaired) electrons. The van der Waals surface area contributed by atoms with Crippen molar-refractivity contribution in [2.75, 3.05) is 19.6 Å². The van der Waals surface area contributed by atoms with E-state index in [-0.39, 0.29) is 0 Å². The zero-order chi connectivity index (χ0) is 12.3. The molecule has 2 heterocycles. The minimum Gasteiger partial charge on any atom is -0.314 e. The Labute approximate surface area is 104 Å². The van der Waals surface area contributed by atoms with Crippen LogP contribution in [-0.4, -0.2) is 35.6 Å². The van der Waals surface area contributed by atoms with Crippen LogP contribution in [0.4, 0.5) is 0 Å². The van der Waals surface area contributed by atoms with Gasteiger partial charge in [0.1, 0.15) is 0 Å². The Morgan fingerprint density at radius 1 is 1.47 bits per heavy atom. The van der Waals surface area contributed by atoms with Gasteiger partial charge in [-0.25, -0.2) is 0 Å². The van der Waals surface area contributed by atoms with Crippen LogP contribution in [0.3, 0.4) is 0 Å². The van der Waals surface area contributed by atoms with E-state index < -0.39 is 0 Å². The normalized spacial score (nSPS) is 22.6. The molecule has 1 aromatic rings. The highest BCUT2D eigenvalue weighted by Crippen LogP contribution is 2.26. The lowest BCUT2D eigenvalue weighted by Gasteiger charge is -2.43. The highest BCUT2D eigenvalue weighted by atomic mass is 15.2. The Balaban J connectivity index is 2.07. The molecule has 0 bridgehead atoms. The zero-order valence-corrected chi connectivity index (χ0v) is 11.1. The van der Waals surface area contributed by atoms with Crippen LogP contribution in [0, 0.1) is 5.41 Å². The Hall–Kier alpha value is -0.930. The molecule has 0 amide bonds. The highest BCUT2D eigenvalue weighted by molar-refractivity contribution is 5.09. The molecule has 1 aromatic heterocycles. The first-order valence-corrected chi connectivity index (χ1v) is 6.41. The third-order valence-corrected chi connectivity index (χ3v) is 3.46. The van der Waals surface area contributed by atoms with Crippen LogP contribution in [0.15, 0.2) is 24.5 Å². The molecule has 2 rings (SSSR count). The molecule has 0 aliphatic carbocycles. The van der Waals surface area contributed by atoms with E-state index >= 15 is 0 Å². The van der Waals surface area contributed by atoms with E-state index in [0.29, 0.717) is 11.5 Å². The summed E-state index contributed by atoms with van der Waals surface area (Å²) >= 11 is 0. The first-order chi connectivity index (χ1) is 8.07. The Morgan fingerprint density at radius 3 is 2.94 bits per heavy atom. The van der Waals surface area contributed by atoms with Crippen LogP contribution in [0.2, 0.25) is 0 Å². The first kappa shape index (κ1) is 12.5. The molecule has 1 saturated heterocycles. The number of hydrogen-bond donors (Lipinski definition) is 1. The molecule has 3 nitrogen and oxygen atoms in total. The second-order valence-corrected chi connectivity index (χ2v) is 5.92. The van der Waals surface area contributed by atoms with Crippen molar-refractivity contribution in [1.82, 2.24) is 15.2 Å². The van der Waals surface area contributed by atoms with Gasteiger partial charge in [-0.2, -0.15) is 0 Å². The maximum Gasteiger partial charge on any atom is 0.0312 e. The number of rotatable bonds is 2. The van der Waals surface area contributed by atoms with Gasteiger partial charge in [0.15, 0.2) is 0 Å². The van der Waals surface area contributed by atoms with Crippen molar-refractivity contribution in [3.05, 3.63) is 30.1 Å². The predicted octanol–water partition coefficient (Wildman–Crippen LogP) is 1.90. The maximum absolute atomic E-state index is 4.20. The van der Waals surface area contributed by atoms with Crippen molar-refractivity contribution < 1.29 is 0 Å². The molecule has 1 fully saturated rings. The van der Waals surface area contributed by atoms with Crippen molar-refractivity contribution in [3.8, 4) is 0 Å². The molecule has 1 aliphatic rings. The van der Waals surface area contributed by atoms with Crippen LogP contribution in [0.1, 0.15) is 26.3 Å². The van der Waals surface area contributed by atoms with Crippen molar-refractivity contribution >= 4 is 0 Å². The van der Waals surface area contributed by atoms with Crippen LogP contribution in [0.25, 0.3) is 0 Å². The SMILES string of the molecule is CC(C)(C)C1CNCCN1Cc1cccnc1. The van der Waals surface area contributed by atoms with Gasteiger partial charge in [0.25, 0.3) is 0 Å². The number of pyridine rings is 1. The number of nitrogens with one attached hydrogen (secondary N) is 1. The first-order valence-electron chi connectivity index (χ1n) is 6.41. The van der Waals surface area contributed by atoms with Crippen LogP contribution in [0.5, 0.6) is 0 Å². The fourth-order valence-corrected chi connectivity index (χ4v) is 2.52. The summed E-state index contributed by atoms with van der Waals surface area (Å²) in [6.07, 6.45) is 3.81. The van der Waals surface area contributed by atoms with E-state index in [1.54, 1.807) is 0 Å². The monoisotopic (exact) mass is 233 g/mol. The van der Waals surface area contributed by atoms with E-state index in [1.165, 1.54) is 5.56 Å². The largest absolute Gasteiger partial charge is 0.314 e. The van der Waals surface area contributed by atoms with E-state index in [0.717, 1.165) is 26.2 Å². The van der Waals surface area contributed by atoms with E-state index in [1.807, 2.05) is 18.5 Å². The summed E-state index contributed by atoms with van der Waals surface area (Å²) in [6.45, 7) is 11.3. The topological polar surface area (TPSA) is 28.2 Å². The van der Waals surface area contributed by atoms with Gasteiger partial charge >= 0.3 is 0 Å². The number of nitrogens with zero attached hydrogens (tertiary/aromatic N) is 2. The van der Waals surface area contributed by atoms with Gasteiger partial charge in [0, 0.05) is 44.6 Å². The standard InChI is InChI=1S/C14H23N3/c1-14(2,3)13-10-16-7-8-17(13)11-12-5-4-6-15-9-12/h4-6,9,13,16H,7-8,10-11H2,1-3H3. The number of aromatic nitrogens is 1. The molecule has 3 heteroatoms. The summed E-state index contributed by atoms with van der Waals surface area (Å²) in [5.41, 5.74) is 1.62. The van der Waals surface area contributed by atoms with Gasteiger partial charge in [-0.15, -0.1) is 0 Å². The summed E-state index contributed by atoms with van der Waals surface area (Å²) in [5.74, 6) is 0. The molecule has 1 aliphatic heterocycles. The van der Waals surface area contributed by atoms with Gasteiger partial charge < -0.3 is 5.32 Å². The van der Waals surface area contributed by atoms with E-state index in [2.05, 4.69) is 42.0 Å². The van der Waals surface area contributed by atoms with Crippen LogP contribution in [-0.2, 0) is 6.54 Å². The smallest absolute Gasteiger partial charge is 0.0312 e. The Kier molecular flexibility index (Phi) is 3.79. The lowest BCUT2D eigenvalue weighted by atomic mass is 9.84. The number of hydrogen-bond acceptors (Lipinski definition) is 3. The minimum absolute atomic E-state index is 0.315. The van der Waals surface area contributed by atoms with Gasteiger partial charge in [0.2, 0.25) is 0 Å². The average Bonchev–Trinajstić information content (AvgIpc) is 2.30. The second kappa shape index (κ2) is 5.15. The molecule has 1 unspecified atom stereocenters. The third-order valence-electron chi connectivity index (χ3n) is 3.46.